The van der Waals surface area contributed by atoms with Gasteiger partial charge in [0.05, 0.1) is 5.69 Å². The van der Waals surface area contributed by atoms with Crippen LogP contribution in [0.25, 0.3) is 5.69 Å². The predicted octanol–water partition coefficient (Wildman–Crippen LogP) is 0.411. The third-order valence-electron chi connectivity index (χ3n) is 3.59. The lowest BCUT2D eigenvalue weighted by Gasteiger charge is -2.13. The summed E-state index contributed by atoms with van der Waals surface area (Å²) in [6.45, 7) is 1.55. The van der Waals surface area contributed by atoms with Crippen molar-refractivity contribution in [2.24, 2.45) is 7.05 Å². The summed E-state index contributed by atoms with van der Waals surface area (Å²) in [5.74, 6) is 0.199. The van der Waals surface area contributed by atoms with Crippen molar-refractivity contribution in [3.8, 4) is 5.69 Å². The molecule has 8 nitrogen and oxygen atoms in total. The third-order valence-corrected chi connectivity index (χ3v) is 3.59. The monoisotopic (exact) mass is 303 g/mol. The standard InChI is InChI=1S/C14H17N5O3/c1-9(20)15-22-8-12-11(10-6-7-10)4-3-5-13(12)19-14(21)18(2)16-17-19/h3-5,10H,6-8H2,1-2H3,(H,15,20). The van der Waals surface area contributed by atoms with Gasteiger partial charge in [-0.2, -0.15) is 9.36 Å². The average molecular weight is 303 g/mol. The maximum atomic E-state index is 12.1. The summed E-state index contributed by atoms with van der Waals surface area (Å²) in [6, 6.07) is 5.72. The number of hydroxylamine groups is 1. The van der Waals surface area contributed by atoms with Gasteiger partial charge < -0.3 is 0 Å². The molecular weight excluding hydrogens is 286 g/mol. The number of hydrogen-bond acceptors (Lipinski definition) is 5. The lowest BCUT2D eigenvalue weighted by molar-refractivity contribution is -0.132. The maximum absolute atomic E-state index is 12.1. The molecule has 1 aliphatic rings. The highest BCUT2D eigenvalue weighted by atomic mass is 16.6. The average Bonchev–Trinajstić information content (AvgIpc) is 3.27. The second-order valence-corrected chi connectivity index (χ2v) is 5.36. The van der Waals surface area contributed by atoms with Crippen molar-refractivity contribution in [3.05, 3.63) is 39.8 Å². The molecule has 1 aromatic carbocycles. The highest BCUT2D eigenvalue weighted by Crippen LogP contribution is 2.42. The fourth-order valence-electron chi connectivity index (χ4n) is 2.40. The number of hydrogen-bond donors (Lipinski definition) is 1. The van der Waals surface area contributed by atoms with Crippen LogP contribution in [0.3, 0.4) is 0 Å². The first-order chi connectivity index (χ1) is 10.6. The topological polar surface area (TPSA) is 91.0 Å². The molecule has 1 saturated carbocycles. The highest BCUT2D eigenvalue weighted by Gasteiger charge is 2.28. The number of amides is 1. The van der Waals surface area contributed by atoms with Crippen LogP contribution in [0.1, 0.15) is 36.8 Å². The van der Waals surface area contributed by atoms with Crippen molar-refractivity contribution in [1.29, 1.82) is 0 Å². The van der Waals surface area contributed by atoms with Crippen molar-refractivity contribution < 1.29 is 9.63 Å². The van der Waals surface area contributed by atoms with Crippen LogP contribution in [0.2, 0.25) is 0 Å². The number of tetrazole rings is 1. The van der Waals surface area contributed by atoms with Gasteiger partial charge in [0.15, 0.2) is 0 Å². The van der Waals surface area contributed by atoms with Gasteiger partial charge in [0, 0.05) is 19.5 Å². The lowest BCUT2D eigenvalue weighted by Crippen LogP contribution is -2.24. The Morgan fingerprint density at radius 2 is 2.18 bits per heavy atom. The zero-order valence-corrected chi connectivity index (χ0v) is 12.4. The summed E-state index contributed by atoms with van der Waals surface area (Å²) in [4.78, 5) is 28.3. The number of rotatable bonds is 5. The molecule has 0 spiro atoms. The van der Waals surface area contributed by atoms with Gasteiger partial charge in [-0.25, -0.2) is 10.3 Å². The molecule has 0 saturated heterocycles. The SMILES string of the molecule is CC(=O)NOCc1c(C2CC2)cccc1-n1nnn(C)c1=O. The van der Waals surface area contributed by atoms with E-state index < -0.39 is 0 Å². The number of carbonyl (C=O) groups is 1. The normalized spacial score (nSPS) is 14.1. The van der Waals surface area contributed by atoms with Crippen molar-refractivity contribution in [2.45, 2.75) is 32.3 Å². The molecule has 0 aliphatic heterocycles. The maximum Gasteiger partial charge on any atom is 0.368 e. The van der Waals surface area contributed by atoms with Gasteiger partial charge in [-0.05, 0) is 40.8 Å². The van der Waals surface area contributed by atoms with Crippen LogP contribution >= 0.6 is 0 Å². The van der Waals surface area contributed by atoms with E-state index in [2.05, 4.69) is 15.9 Å². The summed E-state index contributed by atoms with van der Waals surface area (Å²) >= 11 is 0. The van der Waals surface area contributed by atoms with E-state index >= 15 is 0 Å². The van der Waals surface area contributed by atoms with E-state index in [0.717, 1.165) is 24.0 Å². The summed E-state index contributed by atoms with van der Waals surface area (Å²) in [6.07, 6.45) is 2.23. The minimum Gasteiger partial charge on any atom is -0.273 e. The van der Waals surface area contributed by atoms with Gasteiger partial charge in [0.2, 0.25) is 5.91 Å². The Hall–Kier alpha value is -2.48. The summed E-state index contributed by atoms with van der Waals surface area (Å²) in [7, 11) is 1.55. The largest absolute Gasteiger partial charge is 0.368 e. The first-order valence-electron chi connectivity index (χ1n) is 7.07. The molecule has 1 amide bonds. The van der Waals surface area contributed by atoms with Crippen LogP contribution < -0.4 is 11.2 Å². The minimum absolute atomic E-state index is 0.171. The Labute approximate surface area is 126 Å². The van der Waals surface area contributed by atoms with Gasteiger partial charge in [-0.1, -0.05) is 12.1 Å². The van der Waals surface area contributed by atoms with E-state index in [-0.39, 0.29) is 18.2 Å². The van der Waals surface area contributed by atoms with Crippen molar-refractivity contribution in [1.82, 2.24) is 25.3 Å². The Balaban J connectivity index is 2.01. The van der Waals surface area contributed by atoms with E-state index in [4.69, 9.17) is 4.84 Å². The van der Waals surface area contributed by atoms with Crippen LogP contribution in [0.5, 0.6) is 0 Å². The van der Waals surface area contributed by atoms with Crippen molar-refractivity contribution in [3.63, 3.8) is 0 Å². The molecule has 1 fully saturated rings. The quantitative estimate of drug-likeness (QED) is 0.808. The number of carbonyl (C=O) groups excluding carboxylic acids is 1. The van der Waals surface area contributed by atoms with E-state index in [9.17, 15) is 9.59 Å². The highest BCUT2D eigenvalue weighted by molar-refractivity contribution is 5.71. The Bertz CT molecular complexity index is 760. The molecule has 2 aromatic rings. The van der Waals surface area contributed by atoms with Gasteiger partial charge in [-0.15, -0.1) is 0 Å². The number of aryl methyl sites for hydroxylation is 1. The summed E-state index contributed by atoms with van der Waals surface area (Å²) < 4.78 is 2.42. The number of nitrogens with one attached hydrogen (secondary N) is 1. The second kappa shape index (κ2) is 5.72. The fourth-order valence-corrected chi connectivity index (χ4v) is 2.40. The Morgan fingerprint density at radius 3 is 2.77 bits per heavy atom. The molecule has 116 valence electrons. The molecule has 3 rings (SSSR count). The zero-order chi connectivity index (χ0) is 15.7. The van der Waals surface area contributed by atoms with Crippen LogP contribution in [0, 0.1) is 0 Å². The zero-order valence-electron chi connectivity index (χ0n) is 12.4. The minimum atomic E-state index is -0.325. The number of nitrogens with zero attached hydrogens (tertiary/aromatic N) is 4. The van der Waals surface area contributed by atoms with Gasteiger partial charge in [0.25, 0.3) is 0 Å². The van der Waals surface area contributed by atoms with E-state index in [0.29, 0.717) is 11.6 Å². The van der Waals surface area contributed by atoms with Crippen LogP contribution in [0.4, 0.5) is 0 Å². The Kier molecular flexibility index (Phi) is 3.76. The van der Waals surface area contributed by atoms with Gasteiger partial charge in [0.1, 0.15) is 6.61 Å². The predicted molar refractivity (Wildman–Crippen MR) is 77.2 cm³/mol. The number of aromatic nitrogens is 4. The summed E-state index contributed by atoms with van der Waals surface area (Å²) in [5, 5.41) is 7.62. The smallest absolute Gasteiger partial charge is 0.273 e. The number of benzene rings is 1. The molecule has 22 heavy (non-hydrogen) atoms. The molecular formula is C14H17N5O3. The fraction of sp³-hybridized carbons (Fsp3) is 0.429. The van der Waals surface area contributed by atoms with Crippen LogP contribution in [-0.2, 0) is 23.3 Å². The molecule has 0 bridgehead atoms. The molecule has 1 aliphatic carbocycles. The second-order valence-electron chi connectivity index (χ2n) is 5.36. The van der Waals surface area contributed by atoms with Gasteiger partial charge >= 0.3 is 5.69 Å². The molecule has 1 aromatic heterocycles. The lowest BCUT2D eigenvalue weighted by atomic mass is 10.0. The van der Waals surface area contributed by atoms with E-state index in [1.54, 1.807) is 13.1 Å². The van der Waals surface area contributed by atoms with Crippen LogP contribution in [0.15, 0.2) is 23.0 Å². The third kappa shape index (κ3) is 2.77. The summed E-state index contributed by atoms with van der Waals surface area (Å²) in [5.41, 5.74) is 4.59. The first-order valence-corrected chi connectivity index (χ1v) is 7.07. The van der Waals surface area contributed by atoms with Crippen molar-refractivity contribution in [2.75, 3.05) is 0 Å². The molecule has 8 heteroatoms. The van der Waals surface area contributed by atoms with Crippen LogP contribution in [-0.4, -0.2) is 25.7 Å². The molecule has 1 N–H and O–H groups in total. The van der Waals surface area contributed by atoms with E-state index in [1.807, 2.05) is 12.1 Å². The van der Waals surface area contributed by atoms with Gasteiger partial charge in [-0.3, -0.25) is 9.63 Å². The molecule has 0 unspecified atom stereocenters. The molecule has 1 heterocycles. The van der Waals surface area contributed by atoms with E-state index in [1.165, 1.54) is 16.3 Å². The first kappa shape index (κ1) is 14.5. The Morgan fingerprint density at radius 1 is 1.41 bits per heavy atom. The molecule has 0 radical (unpaired) electrons. The molecule has 0 atom stereocenters. The van der Waals surface area contributed by atoms with Crippen molar-refractivity contribution >= 4 is 5.91 Å².